The quantitative estimate of drug-likeness (QED) is 0.571. The molecule has 0 spiro atoms. The summed E-state index contributed by atoms with van der Waals surface area (Å²) in [4.78, 5) is 4.71. The lowest BCUT2D eigenvalue weighted by Gasteiger charge is -2.11. The highest BCUT2D eigenvalue weighted by Crippen LogP contribution is 2.27. The summed E-state index contributed by atoms with van der Waals surface area (Å²) in [6, 6.07) is 18.6. The number of anilines is 2. The van der Waals surface area contributed by atoms with Crippen molar-refractivity contribution in [2.45, 2.75) is 20.8 Å². The molecule has 0 aliphatic carbocycles. The van der Waals surface area contributed by atoms with Gasteiger partial charge in [0.25, 0.3) is 0 Å². The number of aryl methyl sites for hydroxylation is 3. The lowest BCUT2D eigenvalue weighted by atomic mass is 10.1. The van der Waals surface area contributed by atoms with Crippen LogP contribution in [0.15, 0.2) is 60.8 Å². The Morgan fingerprint density at radius 2 is 1.68 bits per heavy atom. The minimum absolute atomic E-state index is 0.859. The molecule has 0 saturated carbocycles. The first kappa shape index (κ1) is 15.4. The number of hydrogen-bond acceptors (Lipinski definition) is 3. The van der Waals surface area contributed by atoms with E-state index in [0.717, 1.165) is 34.0 Å². The molecule has 2 aromatic heterocycles. The summed E-state index contributed by atoms with van der Waals surface area (Å²) in [6.07, 6.45) is 1.88. The van der Waals surface area contributed by atoms with Crippen molar-refractivity contribution < 1.29 is 0 Å². The second-order valence-electron chi connectivity index (χ2n) is 6.37. The third kappa shape index (κ3) is 2.87. The molecule has 4 heteroatoms. The predicted molar refractivity (Wildman–Crippen MR) is 102 cm³/mol. The molecule has 0 radical (unpaired) electrons. The second-order valence-corrected chi connectivity index (χ2v) is 6.37. The van der Waals surface area contributed by atoms with Crippen LogP contribution in [-0.4, -0.2) is 14.6 Å². The molecule has 1 N–H and O–H groups in total. The van der Waals surface area contributed by atoms with E-state index in [9.17, 15) is 0 Å². The van der Waals surface area contributed by atoms with Gasteiger partial charge in [-0.2, -0.15) is 9.61 Å². The predicted octanol–water partition coefficient (Wildman–Crippen LogP) is 5.07. The van der Waals surface area contributed by atoms with Gasteiger partial charge in [-0.1, -0.05) is 36.4 Å². The van der Waals surface area contributed by atoms with Crippen molar-refractivity contribution in [3.8, 4) is 11.1 Å². The Kier molecular flexibility index (Phi) is 3.73. The molecule has 0 aliphatic heterocycles. The van der Waals surface area contributed by atoms with Gasteiger partial charge in [0.15, 0.2) is 5.65 Å². The van der Waals surface area contributed by atoms with Gasteiger partial charge in [-0.05, 0) is 49.6 Å². The first-order chi connectivity index (χ1) is 12.1. The highest BCUT2D eigenvalue weighted by atomic mass is 15.3. The molecule has 0 amide bonds. The zero-order valence-corrected chi connectivity index (χ0v) is 14.6. The maximum atomic E-state index is 4.71. The van der Waals surface area contributed by atoms with Gasteiger partial charge in [-0.25, -0.2) is 4.98 Å². The van der Waals surface area contributed by atoms with E-state index in [1.54, 1.807) is 0 Å². The number of hydrogen-bond donors (Lipinski definition) is 1. The number of fused-ring (bicyclic) bond motifs is 1. The van der Waals surface area contributed by atoms with Crippen molar-refractivity contribution in [3.05, 3.63) is 77.6 Å². The molecular weight excluding hydrogens is 308 g/mol. The molecule has 25 heavy (non-hydrogen) atoms. The van der Waals surface area contributed by atoms with Crippen molar-refractivity contribution in [3.63, 3.8) is 0 Å². The fourth-order valence-electron chi connectivity index (χ4n) is 2.96. The number of nitrogens with zero attached hydrogens (tertiary/aromatic N) is 3. The summed E-state index contributed by atoms with van der Waals surface area (Å²) in [7, 11) is 0. The SMILES string of the molecule is Cc1cc(Nc2ccc(C)c(C)c2)n2ncc(-c3ccccc3)c2n1. The first-order valence-electron chi connectivity index (χ1n) is 8.37. The number of nitrogens with one attached hydrogen (secondary N) is 1. The number of aromatic nitrogens is 3. The van der Waals surface area contributed by atoms with Crippen LogP contribution in [0.4, 0.5) is 11.5 Å². The lowest BCUT2D eigenvalue weighted by Crippen LogP contribution is -2.03. The van der Waals surface area contributed by atoms with Gasteiger partial charge in [0.05, 0.1) is 6.20 Å². The van der Waals surface area contributed by atoms with Gasteiger partial charge in [-0.15, -0.1) is 0 Å². The monoisotopic (exact) mass is 328 g/mol. The molecule has 0 saturated heterocycles. The summed E-state index contributed by atoms with van der Waals surface area (Å²) in [6.45, 7) is 6.25. The van der Waals surface area contributed by atoms with Crippen LogP contribution in [0, 0.1) is 20.8 Å². The van der Waals surface area contributed by atoms with E-state index < -0.39 is 0 Å². The molecule has 0 fully saturated rings. The molecule has 2 heterocycles. The van der Waals surface area contributed by atoms with Crippen molar-refractivity contribution in [2.75, 3.05) is 5.32 Å². The van der Waals surface area contributed by atoms with E-state index >= 15 is 0 Å². The van der Waals surface area contributed by atoms with Gasteiger partial charge in [-0.3, -0.25) is 0 Å². The summed E-state index contributed by atoms with van der Waals surface area (Å²) >= 11 is 0. The van der Waals surface area contributed by atoms with Crippen LogP contribution < -0.4 is 5.32 Å². The van der Waals surface area contributed by atoms with Gasteiger partial charge in [0, 0.05) is 23.0 Å². The van der Waals surface area contributed by atoms with Crippen molar-refractivity contribution >= 4 is 17.2 Å². The Balaban J connectivity index is 1.82. The van der Waals surface area contributed by atoms with Crippen LogP contribution in [0.5, 0.6) is 0 Å². The fourth-order valence-corrected chi connectivity index (χ4v) is 2.96. The van der Waals surface area contributed by atoms with Crippen LogP contribution in [-0.2, 0) is 0 Å². The number of benzene rings is 2. The lowest BCUT2D eigenvalue weighted by molar-refractivity contribution is 0.938. The van der Waals surface area contributed by atoms with Crippen LogP contribution in [0.25, 0.3) is 16.8 Å². The van der Waals surface area contributed by atoms with Gasteiger partial charge < -0.3 is 5.32 Å². The van der Waals surface area contributed by atoms with E-state index in [1.165, 1.54) is 11.1 Å². The molecule has 2 aromatic carbocycles. The normalized spacial score (nSPS) is 11.0. The molecule has 4 aromatic rings. The minimum atomic E-state index is 0.859. The van der Waals surface area contributed by atoms with Crippen molar-refractivity contribution in [1.82, 2.24) is 14.6 Å². The average Bonchev–Trinajstić information content (AvgIpc) is 3.03. The molecule has 0 aliphatic rings. The highest BCUT2D eigenvalue weighted by Gasteiger charge is 2.12. The van der Waals surface area contributed by atoms with Gasteiger partial charge >= 0.3 is 0 Å². The summed E-state index contributed by atoms with van der Waals surface area (Å²) in [5.74, 6) is 0.910. The third-order valence-corrected chi connectivity index (χ3v) is 4.46. The van der Waals surface area contributed by atoms with Crippen molar-refractivity contribution in [2.24, 2.45) is 0 Å². The van der Waals surface area contributed by atoms with Crippen LogP contribution in [0.2, 0.25) is 0 Å². The van der Waals surface area contributed by atoms with Crippen LogP contribution in [0.1, 0.15) is 16.8 Å². The van der Waals surface area contributed by atoms with Crippen LogP contribution >= 0.6 is 0 Å². The third-order valence-electron chi connectivity index (χ3n) is 4.46. The maximum absolute atomic E-state index is 4.71. The van der Waals surface area contributed by atoms with E-state index in [-0.39, 0.29) is 0 Å². The Hall–Kier alpha value is -3.14. The second kappa shape index (κ2) is 6.06. The van der Waals surface area contributed by atoms with E-state index in [1.807, 2.05) is 41.9 Å². The minimum Gasteiger partial charge on any atom is -0.340 e. The summed E-state index contributed by atoms with van der Waals surface area (Å²) in [5.41, 5.74) is 7.56. The zero-order valence-electron chi connectivity index (χ0n) is 14.6. The first-order valence-corrected chi connectivity index (χ1v) is 8.37. The highest BCUT2D eigenvalue weighted by molar-refractivity contribution is 5.78. The number of rotatable bonds is 3. The Labute approximate surface area is 147 Å². The molecule has 0 atom stereocenters. The molecular formula is C21H20N4. The average molecular weight is 328 g/mol. The Morgan fingerprint density at radius 1 is 0.880 bits per heavy atom. The molecule has 4 rings (SSSR count). The van der Waals surface area contributed by atoms with Gasteiger partial charge in [0.2, 0.25) is 0 Å². The van der Waals surface area contributed by atoms with E-state index in [0.29, 0.717) is 0 Å². The van der Waals surface area contributed by atoms with Crippen molar-refractivity contribution in [1.29, 1.82) is 0 Å². The van der Waals surface area contributed by atoms with Crippen LogP contribution in [0.3, 0.4) is 0 Å². The summed E-state index contributed by atoms with van der Waals surface area (Å²) in [5, 5.41) is 8.04. The smallest absolute Gasteiger partial charge is 0.165 e. The maximum Gasteiger partial charge on any atom is 0.165 e. The topological polar surface area (TPSA) is 42.2 Å². The largest absolute Gasteiger partial charge is 0.340 e. The Morgan fingerprint density at radius 3 is 2.44 bits per heavy atom. The molecule has 0 bridgehead atoms. The fraction of sp³-hybridized carbons (Fsp3) is 0.143. The molecule has 4 nitrogen and oxygen atoms in total. The molecule has 0 unspecified atom stereocenters. The standard InChI is InChI=1S/C21H20N4/c1-14-9-10-18(11-15(14)2)24-20-12-16(3)23-21-19(13-22-25(20)21)17-7-5-4-6-8-17/h4-13,24H,1-3H3. The Bertz CT molecular complexity index is 1050. The van der Waals surface area contributed by atoms with E-state index in [2.05, 4.69) is 54.6 Å². The zero-order chi connectivity index (χ0) is 17.4. The van der Waals surface area contributed by atoms with E-state index in [4.69, 9.17) is 4.98 Å². The summed E-state index contributed by atoms with van der Waals surface area (Å²) < 4.78 is 1.87. The van der Waals surface area contributed by atoms with Gasteiger partial charge in [0.1, 0.15) is 5.82 Å². The molecule has 124 valence electrons.